The number of hydrogen-bond donors (Lipinski definition) is 1. The van der Waals surface area contributed by atoms with Crippen molar-refractivity contribution in [2.75, 3.05) is 13.1 Å². The van der Waals surface area contributed by atoms with Crippen molar-refractivity contribution < 1.29 is 0 Å². The van der Waals surface area contributed by atoms with Crippen LogP contribution in [0.3, 0.4) is 0 Å². The lowest BCUT2D eigenvalue weighted by Gasteiger charge is -2.34. The van der Waals surface area contributed by atoms with Gasteiger partial charge in [0.05, 0.1) is 0 Å². The van der Waals surface area contributed by atoms with Gasteiger partial charge in [-0.15, -0.1) is 0 Å². The van der Waals surface area contributed by atoms with E-state index in [1.165, 1.54) is 31.4 Å². The zero-order valence-electron chi connectivity index (χ0n) is 12.7. The minimum Gasteiger partial charge on any atom is -0.312 e. The maximum absolute atomic E-state index is 3.70. The van der Waals surface area contributed by atoms with Crippen LogP contribution >= 0.6 is 0 Å². The molecular formula is C17H28N2. The van der Waals surface area contributed by atoms with E-state index in [0.29, 0.717) is 12.1 Å². The molecule has 1 atom stereocenters. The quantitative estimate of drug-likeness (QED) is 0.845. The standard InChI is InChI=1S/C17H28N2/c1-4-17(5-2)18-12-14(3)19-11-10-15-8-6-7-9-16(15)13-19/h6-9,14,17-18H,4-5,10-13H2,1-3H3. The van der Waals surface area contributed by atoms with Gasteiger partial charge in [0.25, 0.3) is 0 Å². The molecule has 2 heteroatoms. The van der Waals surface area contributed by atoms with E-state index in [1.54, 1.807) is 5.56 Å². The van der Waals surface area contributed by atoms with Crippen LogP contribution in [0, 0.1) is 0 Å². The Morgan fingerprint density at radius 1 is 1.16 bits per heavy atom. The van der Waals surface area contributed by atoms with Crippen LogP contribution in [0.1, 0.15) is 44.7 Å². The van der Waals surface area contributed by atoms with Crippen molar-refractivity contribution >= 4 is 0 Å². The van der Waals surface area contributed by atoms with Gasteiger partial charge >= 0.3 is 0 Å². The molecule has 1 aromatic carbocycles. The van der Waals surface area contributed by atoms with Crippen molar-refractivity contribution in [1.82, 2.24) is 10.2 Å². The Hall–Kier alpha value is -0.860. The van der Waals surface area contributed by atoms with Crippen molar-refractivity contribution in [3.05, 3.63) is 35.4 Å². The summed E-state index contributed by atoms with van der Waals surface area (Å²) in [6, 6.07) is 10.2. The topological polar surface area (TPSA) is 15.3 Å². The van der Waals surface area contributed by atoms with Crippen molar-refractivity contribution in [3.8, 4) is 0 Å². The molecule has 0 aromatic heterocycles. The van der Waals surface area contributed by atoms with Crippen molar-refractivity contribution in [3.63, 3.8) is 0 Å². The molecule has 1 heterocycles. The number of fused-ring (bicyclic) bond motifs is 1. The summed E-state index contributed by atoms with van der Waals surface area (Å²) in [5.41, 5.74) is 3.06. The Morgan fingerprint density at radius 3 is 2.53 bits per heavy atom. The average Bonchev–Trinajstić information content (AvgIpc) is 2.47. The molecule has 1 aliphatic rings. The summed E-state index contributed by atoms with van der Waals surface area (Å²) >= 11 is 0. The molecule has 2 nitrogen and oxygen atoms in total. The molecule has 19 heavy (non-hydrogen) atoms. The Kier molecular flexibility index (Phi) is 5.41. The highest BCUT2D eigenvalue weighted by Crippen LogP contribution is 2.20. The Bertz CT molecular complexity index is 385. The summed E-state index contributed by atoms with van der Waals surface area (Å²) in [5.74, 6) is 0. The third kappa shape index (κ3) is 3.80. The second-order valence-electron chi connectivity index (χ2n) is 5.76. The highest BCUT2D eigenvalue weighted by atomic mass is 15.2. The van der Waals surface area contributed by atoms with Crippen LogP contribution in [0.5, 0.6) is 0 Å². The van der Waals surface area contributed by atoms with Gasteiger partial charge in [-0.05, 0) is 37.3 Å². The Balaban J connectivity index is 1.86. The molecule has 0 fully saturated rings. The first kappa shape index (κ1) is 14.5. The van der Waals surface area contributed by atoms with Crippen LogP contribution in [0.4, 0.5) is 0 Å². The Labute approximate surface area is 118 Å². The van der Waals surface area contributed by atoms with E-state index in [9.17, 15) is 0 Å². The first-order valence-corrected chi connectivity index (χ1v) is 7.78. The van der Waals surface area contributed by atoms with Gasteiger partial charge < -0.3 is 5.32 Å². The van der Waals surface area contributed by atoms with Gasteiger partial charge in [-0.2, -0.15) is 0 Å². The SMILES string of the molecule is CCC(CC)NCC(C)N1CCc2ccccc2C1. The fraction of sp³-hybridized carbons (Fsp3) is 0.647. The van der Waals surface area contributed by atoms with Crippen LogP contribution in [-0.2, 0) is 13.0 Å². The third-order valence-electron chi connectivity index (χ3n) is 4.47. The summed E-state index contributed by atoms with van der Waals surface area (Å²) in [7, 11) is 0. The van der Waals surface area contributed by atoms with Crippen molar-refractivity contribution in [2.24, 2.45) is 0 Å². The van der Waals surface area contributed by atoms with E-state index >= 15 is 0 Å². The molecule has 0 saturated carbocycles. The van der Waals surface area contributed by atoms with Gasteiger partial charge in [0, 0.05) is 31.7 Å². The normalized spacial score (nSPS) is 17.5. The van der Waals surface area contributed by atoms with Gasteiger partial charge in [0.15, 0.2) is 0 Å². The van der Waals surface area contributed by atoms with E-state index in [-0.39, 0.29) is 0 Å². The molecule has 1 aromatic rings. The van der Waals surface area contributed by atoms with E-state index in [0.717, 1.165) is 13.1 Å². The smallest absolute Gasteiger partial charge is 0.0239 e. The molecule has 0 saturated heterocycles. The lowest BCUT2D eigenvalue weighted by molar-refractivity contribution is 0.182. The van der Waals surface area contributed by atoms with Crippen molar-refractivity contribution in [2.45, 2.75) is 58.7 Å². The summed E-state index contributed by atoms with van der Waals surface area (Å²) < 4.78 is 0. The molecule has 0 amide bonds. The molecule has 106 valence electrons. The molecule has 0 aliphatic carbocycles. The van der Waals surface area contributed by atoms with Crippen LogP contribution in [-0.4, -0.2) is 30.1 Å². The number of benzene rings is 1. The monoisotopic (exact) mass is 260 g/mol. The van der Waals surface area contributed by atoms with Gasteiger partial charge in [-0.1, -0.05) is 38.1 Å². The van der Waals surface area contributed by atoms with E-state index in [4.69, 9.17) is 0 Å². The van der Waals surface area contributed by atoms with Gasteiger partial charge in [0.2, 0.25) is 0 Å². The van der Waals surface area contributed by atoms with Gasteiger partial charge in [-0.25, -0.2) is 0 Å². The molecule has 1 unspecified atom stereocenters. The highest BCUT2D eigenvalue weighted by Gasteiger charge is 2.20. The van der Waals surface area contributed by atoms with E-state index in [2.05, 4.69) is 55.3 Å². The minimum absolute atomic E-state index is 0.619. The van der Waals surface area contributed by atoms with Gasteiger partial charge in [0.1, 0.15) is 0 Å². The molecule has 1 aliphatic heterocycles. The fourth-order valence-electron chi connectivity index (χ4n) is 2.94. The zero-order valence-corrected chi connectivity index (χ0v) is 12.7. The molecule has 0 spiro atoms. The lowest BCUT2D eigenvalue weighted by atomic mass is 9.99. The molecular weight excluding hydrogens is 232 g/mol. The van der Waals surface area contributed by atoms with Gasteiger partial charge in [-0.3, -0.25) is 4.90 Å². The number of nitrogens with one attached hydrogen (secondary N) is 1. The van der Waals surface area contributed by atoms with Crippen LogP contribution in [0.2, 0.25) is 0 Å². The number of nitrogens with zero attached hydrogens (tertiary/aromatic N) is 1. The maximum Gasteiger partial charge on any atom is 0.0239 e. The number of hydrogen-bond acceptors (Lipinski definition) is 2. The van der Waals surface area contributed by atoms with Crippen molar-refractivity contribution in [1.29, 1.82) is 0 Å². The first-order chi connectivity index (χ1) is 9.24. The van der Waals surface area contributed by atoms with E-state index < -0.39 is 0 Å². The molecule has 2 rings (SSSR count). The summed E-state index contributed by atoms with van der Waals surface area (Å²) in [6.07, 6.45) is 3.66. The third-order valence-corrected chi connectivity index (χ3v) is 4.47. The molecule has 1 N–H and O–H groups in total. The van der Waals surface area contributed by atoms with Crippen LogP contribution < -0.4 is 5.32 Å². The van der Waals surface area contributed by atoms with Crippen LogP contribution in [0.15, 0.2) is 24.3 Å². The Morgan fingerprint density at radius 2 is 1.84 bits per heavy atom. The number of rotatable bonds is 6. The maximum atomic E-state index is 3.70. The van der Waals surface area contributed by atoms with E-state index in [1.807, 2.05) is 0 Å². The lowest BCUT2D eigenvalue weighted by Crippen LogP contribution is -2.45. The summed E-state index contributed by atoms with van der Waals surface area (Å²) in [6.45, 7) is 10.3. The second kappa shape index (κ2) is 7.06. The first-order valence-electron chi connectivity index (χ1n) is 7.78. The predicted octanol–water partition coefficient (Wildman–Crippen LogP) is 3.21. The molecule has 0 radical (unpaired) electrons. The summed E-state index contributed by atoms with van der Waals surface area (Å²) in [5, 5.41) is 3.70. The second-order valence-corrected chi connectivity index (χ2v) is 5.76. The largest absolute Gasteiger partial charge is 0.312 e. The summed E-state index contributed by atoms with van der Waals surface area (Å²) in [4.78, 5) is 2.61. The minimum atomic E-state index is 0.619. The zero-order chi connectivity index (χ0) is 13.7. The highest BCUT2D eigenvalue weighted by molar-refractivity contribution is 5.29. The average molecular weight is 260 g/mol. The predicted molar refractivity (Wildman–Crippen MR) is 82.4 cm³/mol. The molecule has 0 bridgehead atoms. The van der Waals surface area contributed by atoms with Crippen LogP contribution in [0.25, 0.3) is 0 Å². The fourth-order valence-corrected chi connectivity index (χ4v) is 2.94.